The molecule has 0 fully saturated rings. The van der Waals surface area contributed by atoms with Crippen molar-refractivity contribution in [2.24, 2.45) is 5.92 Å². The summed E-state index contributed by atoms with van der Waals surface area (Å²) < 4.78 is 11.1. The Balaban J connectivity index is 1.41. The minimum absolute atomic E-state index is 0.0228. The lowest BCUT2D eigenvalue weighted by Crippen LogP contribution is -2.35. The van der Waals surface area contributed by atoms with Crippen LogP contribution in [0.4, 0.5) is 11.4 Å². The average Bonchev–Trinajstić information content (AvgIpc) is 3.03. The second-order valence-corrected chi connectivity index (χ2v) is 11.2. The minimum atomic E-state index is -0.726. The number of esters is 1. The number of carbonyl (C=O) groups is 3. The van der Waals surface area contributed by atoms with Crippen LogP contribution in [0, 0.1) is 5.92 Å². The van der Waals surface area contributed by atoms with Crippen molar-refractivity contribution in [3.63, 3.8) is 0 Å². The number of benzene rings is 4. The summed E-state index contributed by atoms with van der Waals surface area (Å²) in [5.41, 5.74) is 3.23. The standard InChI is InChI=1S/C36H37ClN2O5/c1-25(2)23-34(40)39(29-17-15-28(37)16-18-29)21-22-44-30-19-13-26(14-20-30)24-33(36(42)43-3)38-32-12-8-7-11-31(32)35(41)27-9-5-4-6-10-27/h4-20,25,33,38H,21-24H2,1-3H3/t33-/m0/s1. The highest BCUT2D eigenvalue weighted by Crippen LogP contribution is 2.23. The summed E-state index contributed by atoms with van der Waals surface area (Å²) in [6.45, 7) is 4.70. The number of rotatable bonds is 14. The van der Waals surface area contributed by atoms with E-state index >= 15 is 0 Å². The Bertz CT molecular complexity index is 1540. The fraction of sp³-hybridized carbons (Fsp3) is 0.250. The van der Waals surface area contributed by atoms with Crippen LogP contribution in [0.1, 0.15) is 41.8 Å². The highest BCUT2D eigenvalue weighted by molar-refractivity contribution is 6.30. The topological polar surface area (TPSA) is 84.9 Å². The monoisotopic (exact) mass is 612 g/mol. The Morgan fingerprint density at radius 3 is 2.16 bits per heavy atom. The molecule has 1 amide bonds. The first-order valence-corrected chi connectivity index (χ1v) is 14.9. The second kappa shape index (κ2) is 15.7. The average molecular weight is 613 g/mol. The van der Waals surface area contributed by atoms with Crippen molar-refractivity contribution in [1.29, 1.82) is 0 Å². The van der Waals surface area contributed by atoms with Crippen molar-refractivity contribution < 1.29 is 23.9 Å². The van der Waals surface area contributed by atoms with Crippen molar-refractivity contribution in [3.8, 4) is 5.75 Å². The minimum Gasteiger partial charge on any atom is -0.492 e. The van der Waals surface area contributed by atoms with Crippen LogP contribution in [0.5, 0.6) is 5.75 Å². The third-order valence-electron chi connectivity index (χ3n) is 6.99. The van der Waals surface area contributed by atoms with E-state index in [4.69, 9.17) is 21.1 Å². The highest BCUT2D eigenvalue weighted by atomic mass is 35.5. The van der Waals surface area contributed by atoms with E-state index in [9.17, 15) is 14.4 Å². The number of hydrogen-bond donors (Lipinski definition) is 1. The van der Waals surface area contributed by atoms with Crippen LogP contribution in [-0.4, -0.2) is 44.0 Å². The lowest BCUT2D eigenvalue weighted by atomic mass is 10.00. The van der Waals surface area contributed by atoms with Gasteiger partial charge in [0.2, 0.25) is 5.91 Å². The number of halogens is 1. The summed E-state index contributed by atoms with van der Waals surface area (Å²) in [5.74, 6) is 0.309. The predicted molar refractivity (Wildman–Crippen MR) is 175 cm³/mol. The van der Waals surface area contributed by atoms with Gasteiger partial charge in [0.05, 0.1) is 13.7 Å². The molecule has 0 unspecified atom stereocenters. The van der Waals surface area contributed by atoms with Gasteiger partial charge in [0.25, 0.3) is 0 Å². The second-order valence-electron chi connectivity index (χ2n) is 10.8. The zero-order valence-corrected chi connectivity index (χ0v) is 25.9. The van der Waals surface area contributed by atoms with Crippen LogP contribution in [0.25, 0.3) is 0 Å². The Morgan fingerprint density at radius 1 is 0.841 bits per heavy atom. The zero-order valence-electron chi connectivity index (χ0n) is 25.2. The first kappa shape index (κ1) is 32.3. The van der Waals surface area contributed by atoms with Crippen molar-refractivity contribution in [2.75, 3.05) is 30.5 Å². The molecular weight excluding hydrogens is 576 g/mol. The molecule has 0 saturated heterocycles. The Morgan fingerprint density at radius 2 is 1.50 bits per heavy atom. The SMILES string of the molecule is COC(=O)[C@H](Cc1ccc(OCCN(C(=O)CC(C)C)c2ccc(Cl)cc2)cc1)Nc1ccccc1C(=O)c1ccccc1. The van der Waals surface area contributed by atoms with Crippen molar-refractivity contribution in [1.82, 2.24) is 0 Å². The third-order valence-corrected chi connectivity index (χ3v) is 7.24. The molecule has 7 nitrogen and oxygen atoms in total. The Kier molecular flexibility index (Phi) is 11.5. The first-order valence-electron chi connectivity index (χ1n) is 14.6. The number of amides is 1. The van der Waals surface area contributed by atoms with E-state index in [0.717, 1.165) is 11.3 Å². The van der Waals surface area contributed by atoms with E-state index in [1.807, 2.05) is 74.5 Å². The normalized spacial score (nSPS) is 11.5. The number of carbonyl (C=O) groups excluding carboxylic acids is 3. The van der Waals surface area contributed by atoms with E-state index < -0.39 is 12.0 Å². The highest BCUT2D eigenvalue weighted by Gasteiger charge is 2.23. The molecule has 44 heavy (non-hydrogen) atoms. The van der Waals surface area contributed by atoms with Crippen molar-refractivity contribution in [3.05, 3.63) is 125 Å². The molecule has 4 aromatic rings. The van der Waals surface area contributed by atoms with Crippen LogP contribution < -0.4 is 15.0 Å². The molecule has 0 aliphatic carbocycles. The number of nitrogens with one attached hydrogen (secondary N) is 1. The molecule has 8 heteroatoms. The molecular formula is C36H37ClN2O5. The van der Waals surface area contributed by atoms with Gasteiger partial charge in [-0.05, 0) is 60.0 Å². The molecule has 0 aromatic heterocycles. The molecule has 0 aliphatic rings. The predicted octanol–water partition coefficient (Wildman–Crippen LogP) is 7.23. The van der Waals surface area contributed by atoms with Gasteiger partial charge in [-0.25, -0.2) is 4.79 Å². The zero-order chi connectivity index (χ0) is 31.5. The van der Waals surface area contributed by atoms with Crippen LogP contribution in [0.3, 0.4) is 0 Å². The molecule has 1 N–H and O–H groups in total. The first-order chi connectivity index (χ1) is 21.2. The molecule has 0 bridgehead atoms. The van der Waals surface area contributed by atoms with E-state index in [-0.39, 0.29) is 17.6 Å². The molecule has 0 spiro atoms. The smallest absolute Gasteiger partial charge is 0.328 e. The quantitative estimate of drug-likeness (QED) is 0.119. The fourth-order valence-electron chi connectivity index (χ4n) is 4.77. The third kappa shape index (κ3) is 8.94. The maximum Gasteiger partial charge on any atom is 0.328 e. The molecule has 0 saturated carbocycles. The molecule has 0 radical (unpaired) electrons. The van der Waals surface area contributed by atoms with Gasteiger partial charge in [-0.2, -0.15) is 0 Å². The Hall–Kier alpha value is -4.62. The van der Waals surface area contributed by atoms with Gasteiger partial charge in [0.1, 0.15) is 18.4 Å². The van der Waals surface area contributed by atoms with Crippen LogP contribution in [0.15, 0.2) is 103 Å². The van der Waals surface area contributed by atoms with Crippen LogP contribution in [0.2, 0.25) is 5.02 Å². The van der Waals surface area contributed by atoms with Gasteiger partial charge >= 0.3 is 5.97 Å². The van der Waals surface area contributed by atoms with E-state index in [2.05, 4.69) is 5.32 Å². The largest absolute Gasteiger partial charge is 0.492 e. The van der Waals surface area contributed by atoms with E-state index in [1.54, 1.807) is 47.4 Å². The summed E-state index contributed by atoms with van der Waals surface area (Å²) in [6, 6.07) is 30.0. The number of ether oxygens (including phenoxy) is 2. The molecule has 4 rings (SSSR count). The number of para-hydroxylation sites is 1. The summed E-state index contributed by atoms with van der Waals surface area (Å²) >= 11 is 6.05. The summed E-state index contributed by atoms with van der Waals surface area (Å²) in [7, 11) is 1.34. The summed E-state index contributed by atoms with van der Waals surface area (Å²) in [6.07, 6.45) is 0.756. The van der Waals surface area contributed by atoms with Crippen molar-refractivity contribution in [2.45, 2.75) is 32.7 Å². The van der Waals surface area contributed by atoms with Gasteiger partial charge in [0.15, 0.2) is 5.78 Å². The fourth-order valence-corrected chi connectivity index (χ4v) is 4.89. The van der Waals surface area contributed by atoms with Crippen LogP contribution >= 0.6 is 11.6 Å². The van der Waals surface area contributed by atoms with Gasteiger partial charge in [0, 0.05) is 40.4 Å². The number of anilines is 2. The summed E-state index contributed by atoms with van der Waals surface area (Å²) in [4.78, 5) is 40.6. The maximum atomic E-state index is 13.2. The molecule has 228 valence electrons. The van der Waals surface area contributed by atoms with Gasteiger partial charge in [-0.3, -0.25) is 9.59 Å². The number of methoxy groups -OCH3 is 1. The van der Waals surface area contributed by atoms with Crippen LogP contribution in [-0.2, 0) is 20.7 Å². The molecule has 4 aromatic carbocycles. The van der Waals surface area contributed by atoms with Crippen molar-refractivity contribution >= 4 is 40.6 Å². The van der Waals surface area contributed by atoms with Gasteiger partial charge in [-0.1, -0.05) is 80.0 Å². The van der Waals surface area contributed by atoms with Gasteiger partial charge in [-0.15, -0.1) is 0 Å². The molecule has 0 aliphatic heterocycles. The van der Waals surface area contributed by atoms with E-state index in [0.29, 0.717) is 53.6 Å². The molecule has 0 heterocycles. The number of hydrogen-bond acceptors (Lipinski definition) is 6. The lowest BCUT2D eigenvalue weighted by Gasteiger charge is -2.24. The molecule has 1 atom stereocenters. The maximum absolute atomic E-state index is 13.2. The number of nitrogens with zero attached hydrogens (tertiary/aromatic N) is 1. The summed E-state index contributed by atoms with van der Waals surface area (Å²) in [5, 5.41) is 3.84. The van der Waals surface area contributed by atoms with Gasteiger partial charge < -0.3 is 19.7 Å². The Labute approximate surface area is 263 Å². The lowest BCUT2D eigenvalue weighted by molar-refractivity contribution is -0.141. The number of ketones is 1. The van der Waals surface area contributed by atoms with E-state index in [1.165, 1.54) is 7.11 Å².